The van der Waals surface area contributed by atoms with Crippen LogP contribution in [0.15, 0.2) is 66.8 Å². The van der Waals surface area contributed by atoms with Gasteiger partial charge >= 0.3 is 0 Å². The second-order valence-corrected chi connectivity index (χ2v) is 6.66. The van der Waals surface area contributed by atoms with E-state index in [4.69, 9.17) is 9.47 Å². The van der Waals surface area contributed by atoms with Gasteiger partial charge in [0.15, 0.2) is 0 Å². The summed E-state index contributed by atoms with van der Waals surface area (Å²) >= 11 is 0. The number of amides is 1. The summed E-state index contributed by atoms with van der Waals surface area (Å²) in [7, 11) is 1.49. The molecule has 156 valence electrons. The molecular formula is C23H22FNO5. The summed E-state index contributed by atoms with van der Waals surface area (Å²) in [5.74, 6) is -1.72. The Morgan fingerprint density at radius 2 is 1.83 bits per heavy atom. The Labute approximate surface area is 173 Å². The number of Topliss-reactive ketones (excluding diaryl/α,β-unsaturated/α-hetero) is 1. The predicted octanol–water partition coefficient (Wildman–Crippen LogP) is 3.46. The first-order valence-electron chi connectivity index (χ1n) is 9.35. The first-order valence-corrected chi connectivity index (χ1v) is 9.35. The summed E-state index contributed by atoms with van der Waals surface area (Å²) in [4.78, 5) is 26.8. The largest absolute Gasteiger partial charge is 0.507 e. The number of ether oxygens (including phenoxy) is 2. The summed E-state index contributed by atoms with van der Waals surface area (Å²) < 4.78 is 23.9. The molecule has 1 amide bonds. The van der Waals surface area contributed by atoms with Crippen molar-refractivity contribution < 1.29 is 28.6 Å². The fraction of sp³-hybridized carbons (Fsp3) is 0.217. The van der Waals surface area contributed by atoms with Crippen molar-refractivity contribution in [3.05, 3.63) is 83.7 Å². The summed E-state index contributed by atoms with van der Waals surface area (Å²) in [5, 5.41) is 10.9. The van der Waals surface area contributed by atoms with Crippen LogP contribution >= 0.6 is 0 Å². The van der Waals surface area contributed by atoms with Crippen molar-refractivity contribution in [2.75, 3.05) is 26.9 Å². The molecule has 2 aromatic carbocycles. The van der Waals surface area contributed by atoms with Gasteiger partial charge in [0.05, 0.1) is 18.2 Å². The third kappa shape index (κ3) is 4.26. The molecule has 30 heavy (non-hydrogen) atoms. The van der Waals surface area contributed by atoms with Crippen molar-refractivity contribution in [3.8, 4) is 5.75 Å². The molecule has 0 aliphatic carbocycles. The molecular weight excluding hydrogens is 389 g/mol. The van der Waals surface area contributed by atoms with Crippen LogP contribution in [0.5, 0.6) is 5.75 Å². The molecule has 6 nitrogen and oxygen atoms in total. The lowest BCUT2D eigenvalue weighted by molar-refractivity contribution is -0.140. The highest BCUT2D eigenvalue weighted by molar-refractivity contribution is 6.46. The molecule has 1 N–H and O–H groups in total. The molecule has 2 aromatic rings. The van der Waals surface area contributed by atoms with E-state index < -0.39 is 23.5 Å². The Balaban J connectivity index is 2.05. The van der Waals surface area contributed by atoms with Gasteiger partial charge in [0.25, 0.3) is 11.7 Å². The first kappa shape index (κ1) is 21.3. The number of aliphatic hydroxyl groups is 1. The molecule has 1 aliphatic heterocycles. The molecule has 1 fully saturated rings. The standard InChI is InChI=1S/C23H22FNO5/c1-3-13-30-18-10-6-16(7-11-18)21(26)19-20(15-4-8-17(24)9-5-15)25(12-14-29-2)23(28)22(19)27/h3-11,20,26H,1,12-14H2,2H3/b21-19+. The molecule has 1 saturated heterocycles. The van der Waals surface area contributed by atoms with Crippen LogP contribution in [0.2, 0.25) is 0 Å². The maximum atomic E-state index is 13.4. The lowest BCUT2D eigenvalue weighted by atomic mass is 9.95. The van der Waals surface area contributed by atoms with Crippen LogP contribution in [-0.2, 0) is 14.3 Å². The number of aliphatic hydroxyl groups excluding tert-OH is 1. The van der Waals surface area contributed by atoms with Crippen LogP contribution in [0.3, 0.4) is 0 Å². The number of likely N-dealkylation sites (tertiary alicyclic amines) is 1. The number of hydrogen-bond donors (Lipinski definition) is 1. The van der Waals surface area contributed by atoms with Crippen LogP contribution in [0.4, 0.5) is 4.39 Å². The van der Waals surface area contributed by atoms with Gasteiger partial charge in [0.1, 0.15) is 23.9 Å². The van der Waals surface area contributed by atoms with Gasteiger partial charge in [-0.3, -0.25) is 9.59 Å². The number of rotatable bonds is 8. The Bertz CT molecular complexity index is 966. The van der Waals surface area contributed by atoms with E-state index in [2.05, 4.69) is 6.58 Å². The number of hydrogen-bond acceptors (Lipinski definition) is 5. The van der Waals surface area contributed by atoms with Gasteiger partial charge in [-0.1, -0.05) is 24.8 Å². The van der Waals surface area contributed by atoms with E-state index in [1.54, 1.807) is 30.3 Å². The molecule has 1 unspecified atom stereocenters. The molecule has 0 spiro atoms. The van der Waals surface area contributed by atoms with E-state index in [0.29, 0.717) is 23.5 Å². The number of carbonyl (C=O) groups excluding carboxylic acids is 2. The molecule has 1 heterocycles. The second-order valence-electron chi connectivity index (χ2n) is 6.66. The smallest absolute Gasteiger partial charge is 0.295 e. The zero-order valence-corrected chi connectivity index (χ0v) is 16.5. The van der Waals surface area contributed by atoms with E-state index in [1.165, 1.54) is 36.3 Å². The van der Waals surface area contributed by atoms with Gasteiger partial charge in [-0.15, -0.1) is 0 Å². The number of nitrogens with zero attached hydrogens (tertiary/aromatic N) is 1. The summed E-state index contributed by atoms with van der Waals surface area (Å²) in [6.07, 6.45) is 1.61. The van der Waals surface area contributed by atoms with Gasteiger partial charge in [0.2, 0.25) is 0 Å². The Hall–Kier alpha value is -3.45. The maximum absolute atomic E-state index is 13.4. The fourth-order valence-electron chi connectivity index (χ4n) is 3.31. The molecule has 0 aromatic heterocycles. The molecule has 1 atom stereocenters. The SMILES string of the molecule is C=CCOc1ccc(/C(O)=C2\C(=O)C(=O)N(CCOC)C2c2ccc(F)cc2)cc1. The number of carbonyl (C=O) groups is 2. The molecule has 0 radical (unpaired) electrons. The van der Waals surface area contributed by atoms with Crippen LogP contribution in [-0.4, -0.2) is 48.6 Å². The number of ketones is 1. The van der Waals surface area contributed by atoms with Crippen molar-refractivity contribution in [1.82, 2.24) is 4.90 Å². The average Bonchev–Trinajstić information content (AvgIpc) is 3.01. The predicted molar refractivity (Wildman–Crippen MR) is 109 cm³/mol. The van der Waals surface area contributed by atoms with Gasteiger partial charge in [0, 0.05) is 19.2 Å². The van der Waals surface area contributed by atoms with E-state index in [9.17, 15) is 19.1 Å². The third-order valence-electron chi connectivity index (χ3n) is 4.76. The van der Waals surface area contributed by atoms with E-state index in [-0.39, 0.29) is 24.5 Å². The minimum atomic E-state index is -0.850. The van der Waals surface area contributed by atoms with Crippen LogP contribution < -0.4 is 4.74 Å². The van der Waals surface area contributed by atoms with Crippen molar-refractivity contribution in [1.29, 1.82) is 0 Å². The van der Waals surface area contributed by atoms with Crippen LogP contribution in [0.25, 0.3) is 5.76 Å². The molecule has 0 bridgehead atoms. The quantitative estimate of drug-likeness (QED) is 0.312. The van der Waals surface area contributed by atoms with Gasteiger partial charge in [-0.25, -0.2) is 4.39 Å². The Morgan fingerprint density at radius 1 is 1.17 bits per heavy atom. The highest BCUT2D eigenvalue weighted by Gasteiger charge is 2.45. The zero-order valence-electron chi connectivity index (χ0n) is 16.5. The minimum absolute atomic E-state index is 0.0533. The lowest BCUT2D eigenvalue weighted by Gasteiger charge is -2.25. The number of halogens is 1. The zero-order chi connectivity index (χ0) is 21.7. The van der Waals surface area contributed by atoms with Crippen molar-refractivity contribution >= 4 is 17.4 Å². The highest BCUT2D eigenvalue weighted by Crippen LogP contribution is 2.39. The third-order valence-corrected chi connectivity index (χ3v) is 4.76. The lowest BCUT2D eigenvalue weighted by Crippen LogP contribution is -2.32. The molecule has 3 rings (SSSR count). The normalized spacial score (nSPS) is 17.9. The van der Waals surface area contributed by atoms with E-state index >= 15 is 0 Å². The van der Waals surface area contributed by atoms with Crippen LogP contribution in [0.1, 0.15) is 17.2 Å². The van der Waals surface area contributed by atoms with E-state index in [1.807, 2.05) is 0 Å². The average molecular weight is 411 g/mol. The topological polar surface area (TPSA) is 76.1 Å². The summed E-state index contributed by atoms with van der Waals surface area (Å²) in [5.41, 5.74) is 0.819. The van der Waals surface area contributed by atoms with Gasteiger partial charge in [-0.05, 0) is 42.0 Å². The highest BCUT2D eigenvalue weighted by atomic mass is 19.1. The van der Waals surface area contributed by atoms with Gasteiger partial charge in [-0.2, -0.15) is 0 Å². The summed E-state index contributed by atoms with van der Waals surface area (Å²) in [6.45, 7) is 4.27. The second kappa shape index (κ2) is 9.37. The molecule has 0 saturated carbocycles. The summed E-state index contributed by atoms with van der Waals surface area (Å²) in [6, 6.07) is 11.1. The van der Waals surface area contributed by atoms with E-state index in [0.717, 1.165) is 0 Å². The molecule has 7 heteroatoms. The van der Waals surface area contributed by atoms with Gasteiger partial charge < -0.3 is 19.5 Å². The minimum Gasteiger partial charge on any atom is -0.507 e. The fourth-order valence-corrected chi connectivity index (χ4v) is 3.31. The number of benzene rings is 2. The van der Waals surface area contributed by atoms with Crippen LogP contribution in [0, 0.1) is 5.82 Å². The first-order chi connectivity index (χ1) is 14.5. The van der Waals surface area contributed by atoms with Crippen molar-refractivity contribution in [3.63, 3.8) is 0 Å². The van der Waals surface area contributed by atoms with Crippen molar-refractivity contribution in [2.24, 2.45) is 0 Å². The Kier molecular flexibility index (Phi) is 6.64. The molecule has 1 aliphatic rings. The monoisotopic (exact) mass is 411 g/mol. The Morgan fingerprint density at radius 3 is 2.43 bits per heavy atom. The number of methoxy groups -OCH3 is 1. The van der Waals surface area contributed by atoms with Crippen molar-refractivity contribution in [2.45, 2.75) is 6.04 Å². The maximum Gasteiger partial charge on any atom is 0.295 e.